The summed E-state index contributed by atoms with van der Waals surface area (Å²) in [6, 6.07) is 7.24. The Labute approximate surface area is 78.0 Å². The third kappa shape index (κ3) is 1.73. The van der Waals surface area contributed by atoms with Crippen LogP contribution in [0.15, 0.2) is 24.3 Å². The predicted octanol–water partition coefficient (Wildman–Crippen LogP) is 2.50. The van der Waals surface area contributed by atoms with Crippen molar-refractivity contribution < 1.29 is 4.39 Å². The molecule has 2 atom stereocenters. The fourth-order valence-corrected chi connectivity index (χ4v) is 1.91. The maximum absolute atomic E-state index is 13.3. The van der Waals surface area contributed by atoms with Crippen LogP contribution in [0.3, 0.4) is 0 Å². The summed E-state index contributed by atoms with van der Waals surface area (Å²) in [5, 5.41) is 3.32. The lowest BCUT2D eigenvalue weighted by atomic mass is 10.0. The molecule has 0 spiro atoms. The van der Waals surface area contributed by atoms with Crippen LogP contribution in [0.2, 0.25) is 0 Å². The van der Waals surface area contributed by atoms with E-state index in [1.54, 1.807) is 6.07 Å². The molecule has 1 fully saturated rings. The van der Waals surface area contributed by atoms with Crippen molar-refractivity contribution in [3.8, 4) is 0 Å². The van der Waals surface area contributed by atoms with Crippen LogP contribution in [-0.4, -0.2) is 6.54 Å². The zero-order valence-electron chi connectivity index (χ0n) is 7.76. The molecule has 13 heavy (non-hydrogen) atoms. The van der Waals surface area contributed by atoms with Gasteiger partial charge in [0.15, 0.2) is 0 Å². The molecule has 1 nitrogen and oxygen atoms in total. The van der Waals surface area contributed by atoms with Crippen LogP contribution in [0, 0.1) is 11.7 Å². The Kier molecular flexibility index (Phi) is 2.32. The molecule has 70 valence electrons. The smallest absolute Gasteiger partial charge is 0.127 e. The summed E-state index contributed by atoms with van der Waals surface area (Å²) in [5.74, 6) is 0.568. The van der Waals surface area contributed by atoms with Gasteiger partial charge in [0, 0.05) is 11.6 Å². The monoisotopic (exact) mass is 179 g/mol. The Bertz CT molecular complexity index is 298. The van der Waals surface area contributed by atoms with Gasteiger partial charge in [-0.3, -0.25) is 0 Å². The van der Waals surface area contributed by atoms with E-state index in [1.165, 1.54) is 6.07 Å². The Morgan fingerprint density at radius 3 is 2.77 bits per heavy atom. The van der Waals surface area contributed by atoms with Gasteiger partial charge in [-0.05, 0) is 24.9 Å². The van der Waals surface area contributed by atoms with Crippen molar-refractivity contribution in [1.82, 2.24) is 5.32 Å². The van der Waals surface area contributed by atoms with E-state index in [4.69, 9.17) is 0 Å². The van der Waals surface area contributed by atoms with Gasteiger partial charge < -0.3 is 5.32 Å². The number of hydrogen-bond donors (Lipinski definition) is 1. The van der Waals surface area contributed by atoms with Crippen LogP contribution in [0.4, 0.5) is 4.39 Å². The zero-order chi connectivity index (χ0) is 9.26. The van der Waals surface area contributed by atoms with E-state index in [-0.39, 0.29) is 11.9 Å². The summed E-state index contributed by atoms with van der Waals surface area (Å²) < 4.78 is 13.3. The van der Waals surface area contributed by atoms with Gasteiger partial charge in [-0.15, -0.1) is 0 Å². The average molecular weight is 179 g/mol. The summed E-state index contributed by atoms with van der Waals surface area (Å²) in [6.07, 6.45) is 1.04. The predicted molar refractivity (Wildman–Crippen MR) is 50.9 cm³/mol. The van der Waals surface area contributed by atoms with E-state index in [0.717, 1.165) is 18.5 Å². The molecule has 1 aliphatic heterocycles. The van der Waals surface area contributed by atoms with Gasteiger partial charge in [0.2, 0.25) is 0 Å². The van der Waals surface area contributed by atoms with E-state index in [0.29, 0.717) is 5.92 Å². The molecule has 0 saturated carbocycles. The lowest BCUT2D eigenvalue weighted by molar-refractivity contribution is 0.550. The van der Waals surface area contributed by atoms with Crippen molar-refractivity contribution in [2.45, 2.75) is 19.4 Å². The molecule has 2 rings (SSSR count). The van der Waals surface area contributed by atoms with E-state index in [9.17, 15) is 4.39 Å². The van der Waals surface area contributed by atoms with Crippen LogP contribution >= 0.6 is 0 Å². The van der Waals surface area contributed by atoms with Gasteiger partial charge >= 0.3 is 0 Å². The minimum Gasteiger partial charge on any atom is -0.310 e. The summed E-state index contributed by atoms with van der Waals surface area (Å²) in [4.78, 5) is 0. The molecule has 0 bridgehead atoms. The number of benzene rings is 1. The van der Waals surface area contributed by atoms with Crippen molar-refractivity contribution in [3.05, 3.63) is 35.6 Å². The highest BCUT2D eigenvalue weighted by molar-refractivity contribution is 5.22. The van der Waals surface area contributed by atoms with Gasteiger partial charge in [0.1, 0.15) is 5.82 Å². The zero-order valence-corrected chi connectivity index (χ0v) is 7.76. The van der Waals surface area contributed by atoms with E-state index in [1.807, 2.05) is 12.1 Å². The van der Waals surface area contributed by atoms with Crippen molar-refractivity contribution in [2.24, 2.45) is 5.92 Å². The molecule has 1 saturated heterocycles. The normalized spacial score (nSPS) is 27.8. The number of halogens is 1. The van der Waals surface area contributed by atoms with Gasteiger partial charge in [-0.2, -0.15) is 0 Å². The summed E-state index contributed by atoms with van der Waals surface area (Å²) in [5.41, 5.74) is 0.812. The summed E-state index contributed by atoms with van der Waals surface area (Å²) in [6.45, 7) is 3.19. The standard InChI is InChI=1S/C11H14FN/c1-8-6-11(13-7-8)9-4-2-3-5-10(9)12/h2-5,8,11,13H,6-7H2,1H3/t8-,11+/m1/s1. The van der Waals surface area contributed by atoms with Crippen LogP contribution in [0.5, 0.6) is 0 Å². The molecule has 1 aromatic carbocycles. The first-order chi connectivity index (χ1) is 6.27. The lowest BCUT2D eigenvalue weighted by Crippen LogP contribution is -2.14. The van der Waals surface area contributed by atoms with Crippen molar-refractivity contribution in [2.75, 3.05) is 6.54 Å². The van der Waals surface area contributed by atoms with Gasteiger partial charge in [0.05, 0.1) is 0 Å². The van der Waals surface area contributed by atoms with E-state index < -0.39 is 0 Å². The largest absolute Gasteiger partial charge is 0.310 e. The van der Waals surface area contributed by atoms with Crippen molar-refractivity contribution >= 4 is 0 Å². The first-order valence-corrected chi connectivity index (χ1v) is 4.75. The van der Waals surface area contributed by atoms with Gasteiger partial charge in [0.25, 0.3) is 0 Å². The molecule has 1 heterocycles. The quantitative estimate of drug-likeness (QED) is 0.698. The second-order valence-corrected chi connectivity index (χ2v) is 3.82. The van der Waals surface area contributed by atoms with Crippen LogP contribution in [-0.2, 0) is 0 Å². The summed E-state index contributed by atoms with van der Waals surface area (Å²) >= 11 is 0. The maximum Gasteiger partial charge on any atom is 0.127 e. The number of rotatable bonds is 1. The molecule has 0 aliphatic carbocycles. The maximum atomic E-state index is 13.3. The SMILES string of the molecule is C[C@H]1CN[C@H](c2ccccc2F)C1. The molecule has 1 aromatic rings. The van der Waals surface area contributed by atoms with Gasteiger partial charge in [-0.25, -0.2) is 4.39 Å². The summed E-state index contributed by atoms with van der Waals surface area (Å²) in [7, 11) is 0. The molecular formula is C11H14FN. The third-order valence-corrected chi connectivity index (χ3v) is 2.63. The third-order valence-electron chi connectivity index (χ3n) is 2.63. The molecular weight excluding hydrogens is 165 g/mol. The highest BCUT2D eigenvalue weighted by Crippen LogP contribution is 2.27. The minimum absolute atomic E-state index is 0.0888. The van der Waals surface area contributed by atoms with Crippen LogP contribution in [0.1, 0.15) is 24.9 Å². The fourth-order valence-electron chi connectivity index (χ4n) is 1.91. The average Bonchev–Trinajstić information content (AvgIpc) is 2.53. The molecule has 1 N–H and O–H groups in total. The first kappa shape index (κ1) is 8.70. The Balaban J connectivity index is 2.21. The number of hydrogen-bond acceptors (Lipinski definition) is 1. The molecule has 0 aromatic heterocycles. The highest BCUT2D eigenvalue weighted by atomic mass is 19.1. The molecule has 2 heteroatoms. The molecule has 0 amide bonds. The van der Waals surface area contributed by atoms with Crippen molar-refractivity contribution in [3.63, 3.8) is 0 Å². The van der Waals surface area contributed by atoms with Crippen LogP contribution < -0.4 is 5.32 Å². The second-order valence-electron chi connectivity index (χ2n) is 3.82. The van der Waals surface area contributed by atoms with Crippen molar-refractivity contribution in [1.29, 1.82) is 0 Å². The first-order valence-electron chi connectivity index (χ1n) is 4.75. The molecule has 0 unspecified atom stereocenters. The Morgan fingerprint density at radius 2 is 2.15 bits per heavy atom. The van der Waals surface area contributed by atoms with Gasteiger partial charge in [-0.1, -0.05) is 25.1 Å². The fraction of sp³-hybridized carbons (Fsp3) is 0.455. The van der Waals surface area contributed by atoms with Crippen LogP contribution in [0.25, 0.3) is 0 Å². The Morgan fingerprint density at radius 1 is 1.38 bits per heavy atom. The Hall–Kier alpha value is -0.890. The van der Waals surface area contributed by atoms with E-state index in [2.05, 4.69) is 12.2 Å². The van der Waals surface area contributed by atoms with E-state index >= 15 is 0 Å². The second kappa shape index (κ2) is 3.46. The lowest BCUT2D eigenvalue weighted by Gasteiger charge is -2.10. The molecule has 1 aliphatic rings. The highest BCUT2D eigenvalue weighted by Gasteiger charge is 2.23. The number of nitrogens with one attached hydrogen (secondary N) is 1. The minimum atomic E-state index is -0.0888. The topological polar surface area (TPSA) is 12.0 Å². The molecule has 0 radical (unpaired) electrons.